The van der Waals surface area contributed by atoms with Crippen molar-refractivity contribution in [1.29, 1.82) is 0 Å². The van der Waals surface area contributed by atoms with E-state index >= 15 is 0 Å². The van der Waals surface area contributed by atoms with Crippen molar-refractivity contribution >= 4 is 17.8 Å². The first kappa shape index (κ1) is 21.0. The molecule has 2 rings (SSSR count). The minimum Gasteiger partial charge on any atom is -0.459 e. The molecule has 0 saturated heterocycles. The van der Waals surface area contributed by atoms with E-state index in [1.54, 1.807) is 19.9 Å². The normalized spacial score (nSPS) is 23.5. The van der Waals surface area contributed by atoms with Crippen LogP contribution in [0.4, 0.5) is 0 Å². The zero-order chi connectivity index (χ0) is 20.0. The third-order valence-corrected chi connectivity index (χ3v) is 5.35. The van der Waals surface area contributed by atoms with E-state index in [1.165, 1.54) is 18.8 Å². The van der Waals surface area contributed by atoms with Crippen molar-refractivity contribution in [2.45, 2.75) is 59.0 Å². The van der Waals surface area contributed by atoms with Crippen molar-refractivity contribution < 1.29 is 23.5 Å². The fourth-order valence-electron chi connectivity index (χ4n) is 3.38. The van der Waals surface area contributed by atoms with Crippen LogP contribution < -0.4 is 10.6 Å². The van der Waals surface area contributed by atoms with Crippen molar-refractivity contribution in [3.05, 3.63) is 24.2 Å². The molecule has 1 saturated carbocycles. The van der Waals surface area contributed by atoms with Crippen LogP contribution in [0, 0.1) is 17.8 Å². The lowest BCUT2D eigenvalue weighted by molar-refractivity contribution is -0.151. The Bertz CT molecular complexity index is 641. The Labute approximate surface area is 160 Å². The Morgan fingerprint density at radius 1 is 1.26 bits per heavy atom. The number of carbonyl (C=O) groups is 3. The second-order valence-corrected chi connectivity index (χ2v) is 7.72. The van der Waals surface area contributed by atoms with Crippen molar-refractivity contribution in [2.75, 3.05) is 6.61 Å². The average Bonchev–Trinajstić information content (AvgIpc) is 3.16. The van der Waals surface area contributed by atoms with Gasteiger partial charge in [0.2, 0.25) is 0 Å². The van der Waals surface area contributed by atoms with Crippen molar-refractivity contribution in [1.82, 2.24) is 10.6 Å². The first-order chi connectivity index (χ1) is 12.8. The molecule has 0 unspecified atom stereocenters. The lowest BCUT2D eigenvalue weighted by atomic mass is 9.78. The number of hydrogen-bond donors (Lipinski definition) is 2. The van der Waals surface area contributed by atoms with E-state index in [2.05, 4.69) is 24.5 Å². The van der Waals surface area contributed by atoms with Gasteiger partial charge in [0.25, 0.3) is 11.8 Å². The van der Waals surface area contributed by atoms with Crippen LogP contribution in [-0.2, 0) is 14.3 Å². The van der Waals surface area contributed by atoms with Crippen molar-refractivity contribution in [2.24, 2.45) is 17.8 Å². The Hall–Kier alpha value is -2.31. The van der Waals surface area contributed by atoms with E-state index in [0.717, 1.165) is 12.8 Å². The maximum absolute atomic E-state index is 12.4. The topological polar surface area (TPSA) is 97.6 Å². The Kier molecular flexibility index (Phi) is 7.45. The molecule has 2 amide bonds. The summed E-state index contributed by atoms with van der Waals surface area (Å²) in [7, 11) is 0. The molecule has 7 nitrogen and oxygen atoms in total. The molecule has 2 N–H and O–H groups in total. The highest BCUT2D eigenvalue weighted by Crippen LogP contribution is 2.29. The number of rotatable bonds is 7. The summed E-state index contributed by atoms with van der Waals surface area (Å²) in [4.78, 5) is 36.6. The van der Waals surface area contributed by atoms with Gasteiger partial charge in [-0.1, -0.05) is 40.5 Å². The summed E-state index contributed by atoms with van der Waals surface area (Å²) in [5, 5.41) is 5.56. The summed E-state index contributed by atoms with van der Waals surface area (Å²) < 4.78 is 10.2. The molecule has 0 bridgehead atoms. The highest BCUT2D eigenvalue weighted by atomic mass is 16.5. The summed E-state index contributed by atoms with van der Waals surface area (Å²) in [5.41, 5.74) is 0. The molecule has 1 fully saturated rings. The average molecular weight is 378 g/mol. The first-order valence-electron chi connectivity index (χ1n) is 9.60. The summed E-state index contributed by atoms with van der Waals surface area (Å²) >= 11 is 0. The van der Waals surface area contributed by atoms with Gasteiger partial charge < -0.3 is 19.8 Å². The molecule has 150 valence electrons. The van der Waals surface area contributed by atoms with Crippen LogP contribution in [0.5, 0.6) is 0 Å². The standard InChI is InChI=1S/C20H30N2O5/c1-12(2)18(22-19(24)16-9-6-10-26-16)20(25)27-11-17(23)21-15-8-5-7-13(3)14(15)4/h6,9-10,12-15,18H,5,7-8,11H2,1-4H3,(H,21,23)(H,22,24)/t13-,14-,15-,18-/m0/s1. The highest BCUT2D eigenvalue weighted by Gasteiger charge is 2.30. The molecule has 1 aliphatic carbocycles. The molecule has 7 heteroatoms. The van der Waals surface area contributed by atoms with Gasteiger partial charge in [-0.15, -0.1) is 0 Å². The number of amides is 2. The lowest BCUT2D eigenvalue weighted by Gasteiger charge is -2.34. The Morgan fingerprint density at radius 3 is 2.63 bits per heavy atom. The summed E-state index contributed by atoms with van der Waals surface area (Å²) in [6.07, 6.45) is 4.59. The second-order valence-electron chi connectivity index (χ2n) is 7.72. The number of carbonyl (C=O) groups excluding carboxylic acids is 3. The van der Waals surface area contributed by atoms with Gasteiger partial charge in [-0.25, -0.2) is 4.79 Å². The predicted octanol–water partition coefficient (Wildman–Crippen LogP) is 2.52. The molecule has 0 spiro atoms. The van der Waals surface area contributed by atoms with Gasteiger partial charge in [-0.2, -0.15) is 0 Å². The van der Waals surface area contributed by atoms with Crippen LogP contribution in [0.25, 0.3) is 0 Å². The summed E-state index contributed by atoms with van der Waals surface area (Å²) in [5.74, 6) is -0.558. The molecule has 1 heterocycles. The molecule has 1 aliphatic rings. The predicted molar refractivity (Wildman–Crippen MR) is 99.9 cm³/mol. The minimum atomic E-state index is -0.857. The lowest BCUT2D eigenvalue weighted by Crippen LogP contribution is -2.48. The van der Waals surface area contributed by atoms with Crippen LogP contribution >= 0.6 is 0 Å². The maximum atomic E-state index is 12.4. The number of esters is 1. The second kappa shape index (κ2) is 9.58. The van der Waals surface area contributed by atoms with Crippen LogP contribution in [0.2, 0.25) is 0 Å². The molecule has 1 aromatic heterocycles. The first-order valence-corrected chi connectivity index (χ1v) is 9.60. The molecular weight excluding hydrogens is 348 g/mol. The fraction of sp³-hybridized carbons (Fsp3) is 0.650. The van der Waals surface area contributed by atoms with E-state index in [1.807, 2.05) is 0 Å². The third kappa shape index (κ3) is 5.84. The molecule has 0 aromatic carbocycles. The zero-order valence-corrected chi connectivity index (χ0v) is 16.5. The smallest absolute Gasteiger partial charge is 0.329 e. The van der Waals surface area contributed by atoms with E-state index in [0.29, 0.717) is 11.8 Å². The van der Waals surface area contributed by atoms with Crippen molar-refractivity contribution in [3.8, 4) is 0 Å². The van der Waals surface area contributed by atoms with Gasteiger partial charge in [0.05, 0.1) is 6.26 Å². The van der Waals surface area contributed by atoms with E-state index in [-0.39, 0.29) is 30.2 Å². The van der Waals surface area contributed by atoms with Gasteiger partial charge in [0.15, 0.2) is 12.4 Å². The molecule has 0 aliphatic heterocycles. The van der Waals surface area contributed by atoms with Gasteiger partial charge in [0.1, 0.15) is 6.04 Å². The maximum Gasteiger partial charge on any atom is 0.329 e. The number of hydrogen-bond acceptors (Lipinski definition) is 5. The highest BCUT2D eigenvalue weighted by molar-refractivity contribution is 5.94. The van der Waals surface area contributed by atoms with Gasteiger partial charge in [0, 0.05) is 6.04 Å². The van der Waals surface area contributed by atoms with Gasteiger partial charge >= 0.3 is 5.97 Å². The quantitative estimate of drug-likeness (QED) is 0.711. The molecule has 27 heavy (non-hydrogen) atoms. The van der Waals surface area contributed by atoms with Gasteiger partial charge in [-0.05, 0) is 36.3 Å². The van der Waals surface area contributed by atoms with Crippen LogP contribution in [-0.4, -0.2) is 36.5 Å². The zero-order valence-electron chi connectivity index (χ0n) is 16.5. The largest absolute Gasteiger partial charge is 0.459 e. The number of ether oxygens (including phenoxy) is 1. The molecule has 4 atom stereocenters. The minimum absolute atomic E-state index is 0.111. The van der Waals surface area contributed by atoms with Crippen LogP contribution in [0.15, 0.2) is 22.8 Å². The SMILES string of the molecule is CC(C)[C@H](NC(=O)c1ccco1)C(=O)OCC(=O)N[C@H]1CCC[C@H](C)[C@@H]1C. The van der Waals surface area contributed by atoms with E-state index in [4.69, 9.17) is 9.15 Å². The third-order valence-electron chi connectivity index (χ3n) is 5.35. The fourth-order valence-corrected chi connectivity index (χ4v) is 3.38. The molecular formula is C20H30N2O5. The monoisotopic (exact) mass is 378 g/mol. The van der Waals surface area contributed by atoms with E-state index in [9.17, 15) is 14.4 Å². The molecule has 0 radical (unpaired) electrons. The van der Waals surface area contributed by atoms with E-state index < -0.39 is 17.9 Å². The number of nitrogens with one attached hydrogen (secondary N) is 2. The van der Waals surface area contributed by atoms with Gasteiger partial charge in [-0.3, -0.25) is 9.59 Å². The van der Waals surface area contributed by atoms with Crippen LogP contribution in [0.3, 0.4) is 0 Å². The number of furan rings is 1. The summed E-state index contributed by atoms with van der Waals surface area (Å²) in [6, 6.07) is 2.36. The van der Waals surface area contributed by atoms with Crippen LogP contribution in [0.1, 0.15) is 57.5 Å². The Morgan fingerprint density at radius 2 is 2.00 bits per heavy atom. The summed E-state index contributed by atoms with van der Waals surface area (Å²) in [6.45, 7) is 7.56. The molecule has 1 aromatic rings. The van der Waals surface area contributed by atoms with Crippen molar-refractivity contribution in [3.63, 3.8) is 0 Å². The Balaban J connectivity index is 1.84.